The molecule has 1 aromatic heterocycles. The molecule has 0 saturated carbocycles. The Morgan fingerprint density at radius 3 is 2.47 bits per heavy atom. The highest BCUT2D eigenvalue weighted by Crippen LogP contribution is 2.29. The highest BCUT2D eigenvalue weighted by atomic mass is 32.2. The van der Waals surface area contributed by atoms with Gasteiger partial charge in [-0.1, -0.05) is 43.3 Å². The number of nitrogens with zero attached hydrogens (tertiary/aromatic N) is 1. The third kappa shape index (κ3) is 5.91. The molecular weight excluding hydrogens is 502 g/mol. The van der Waals surface area contributed by atoms with Gasteiger partial charge in [0.1, 0.15) is 5.75 Å². The Labute approximate surface area is 224 Å². The number of fused-ring (bicyclic) bond motifs is 1. The van der Waals surface area contributed by atoms with E-state index in [0.717, 1.165) is 38.3 Å². The molecule has 0 aliphatic rings. The first kappa shape index (κ1) is 27.4. The lowest BCUT2D eigenvalue weighted by Crippen LogP contribution is -2.39. The average molecular weight is 538 g/mol. The minimum atomic E-state index is -3.54. The molecule has 202 valence electrons. The first-order chi connectivity index (χ1) is 18.2. The number of ether oxygens (including phenoxy) is 1. The number of sulfonamides is 1. The molecular formula is C29H35N3O5S. The zero-order valence-corrected chi connectivity index (χ0v) is 22.6. The van der Waals surface area contributed by atoms with Gasteiger partial charge in [0.15, 0.2) is 0 Å². The van der Waals surface area contributed by atoms with Crippen LogP contribution in [0.1, 0.15) is 30.7 Å². The fourth-order valence-electron chi connectivity index (χ4n) is 4.25. The maximum absolute atomic E-state index is 13.4. The third-order valence-corrected chi connectivity index (χ3v) is 8.18. The van der Waals surface area contributed by atoms with Crippen molar-refractivity contribution >= 4 is 26.8 Å². The molecule has 0 aliphatic carbocycles. The van der Waals surface area contributed by atoms with E-state index in [2.05, 4.69) is 10.3 Å². The van der Waals surface area contributed by atoms with Crippen molar-refractivity contribution in [1.29, 1.82) is 0 Å². The Kier molecular flexibility index (Phi) is 8.51. The summed E-state index contributed by atoms with van der Waals surface area (Å²) in [5.74, 6) is 0.0901. The maximum atomic E-state index is 13.4. The summed E-state index contributed by atoms with van der Waals surface area (Å²) in [6.07, 6.45) is 3.14. The van der Waals surface area contributed by atoms with Crippen molar-refractivity contribution in [3.8, 4) is 16.9 Å². The molecule has 9 heteroatoms. The van der Waals surface area contributed by atoms with Crippen molar-refractivity contribution in [2.75, 3.05) is 27.3 Å². The number of carbonyl (C=O) groups is 1. The Morgan fingerprint density at radius 2 is 1.79 bits per heavy atom. The number of aliphatic hydroxyl groups is 1. The number of para-hydroxylation sites is 1. The average Bonchev–Trinajstić information content (AvgIpc) is 3.34. The summed E-state index contributed by atoms with van der Waals surface area (Å²) in [5, 5.41) is 14.1. The first-order valence-electron chi connectivity index (χ1n) is 12.5. The number of aromatic nitrogens is 1. The van der Waals surface area contributed by atoms with E-state index in [0.29, 0.717) is 24.3 Å². The molecule has 4 aromatic rings. The molecule has 8 nitrogen and oxygen atoms in total. The molecule has 1 atom stereocenters. The summed E-state index contributed by atoms with van der Waals surface area (Å²) in [4.78, 5) is 16.9. The molecule has 3 aromatic carbocycles. The van der Waals surface area contributed by atoms with Crippen molar-refractivity contribution in [3.63, 3.8) is 0 Å². The SMILES string of the molecule is CCCOc1ccc(-c2ccc(S(=O)(=O)N(C)C)cc2)cc1C(=O)N[C@@H](CO)Cc1c[nH]c2ccccc12.[HH]. The Morgan fingerprint density at radius 1 is 1.08 bits per heavy atom. The molecule has 3 N–H and O–H groups in total. The largest absolute Gasteiger partial charge is 0.493 e. The molecule has 0 spiro atoms. The van der Waals surface area contributed by atoms with Gasteiger partial charge in [0.05, 0.1) is 29.7 Å². The zero-order chi connectivity index (χ0) is 27.3. The molecule has 0 unspecified atom stereocenters. The van der Waals surface area contributed by atoms with Gasteiger partial charge < -0.3 is 20.1 Å². The molecule has 0 bridgehead atoms. The van der Waals surface area contributed by atoms with E-state index in [-0.39, 0.29) is 18.8 Å². The second kappa shape index (κ2) is 11.8. The number of hydrogen-bond donors (Lipinski definition) is 3. The number of hydrogen-bond acceptors (Lipinski definition) is 5. The lowest BCUT2D eigenvalue weighted by Gasteiger charge is -2.18. The van der Waals surface area contributed by atoms with E-state index in [1.54, 1.807) is 36.4 Å². The van der Waals surface area contributed by atoms with Gasteiger partial charge in [0.25, 0.3) is 5.91 Å². The van der Waals surface area contributed by atoms with Crippen molar-refractivity contribution < 1.29 is 24.5 Å². The van der Waals surface area contributed by atoms with Crippen molar-refractivity contribution in [3.05, 3.63) is 84.1 Å². The fraction of sp³-hybridized carbons (Fsp3) is 0.276. The summed E-state index contributed by atoms with van der Waals surface area (Å²) in [6.45, 7) is 2.22. The van der Waals surface area contributed by atoms with Gasteiger partial charge in [-0.2, -0.15) is 0 Å². The van der Waals surface area contributed by atoms with Gasteiger partial charge in [-0.15, -0.1) is 0 Å². The molecule has 4 rings (SSSR count). The fourth-order valence-corrected chi connectivity index (χ4v) is 5.15. The third-order valence-electron chi connectivity index (χ3n) is 6.35. The molecule has 1 amide bonds. The van der Waals surface area contributed by atoms with Crippen molar-refractivity contribution in [1.82, 2.24) is 14.6 Å². The summed E-state index contributed by atoms with van der Waals surface area (Å²) < 4.78 is 31.9. The van der Waals surface area contributed by atoms with Crippen LogP contribution in [0.25, 0.3) is 22.0 Å². The van der Waals surface area contributed by atoms with Crippen LogP contribution in [-0.2, 0) is 16.4 Å². The molecule has 0 radical (unpaired) electrons. The monoisotopic (exact) mass is 537 g/mol. The summed E-state index contributed by atoms with van der Waals surface area (Å²) >= 11 is 0. The molecule has 0 aliphatic heterocycles. The first-order valence-corrected chi connectivity index (χ1v) is 13.9. The van der Waals surface area contributed by atoms with Crippen LogP contribution in [0.3, 0.4) is 0 Å². The van der Waals surface area contributed by atoms with Crippen LogP contribution in [0.15, 0.2) is 77.8 Å². The van der Waals surface area contributed by atoms with E-state index < -0.39 is 16.1 Å². The van der Waals surface area contributed by atoms with E-state index in [1.165, 1.54) is 14.1 Å². The van der Waals surface area contributed by atoms with Crippen LogP contribution in [-0.4, -0.2) is 62.1 Å². The second-order valence-electron chi connectivity index (χ2n) is 9.29. The van der Waals surface area contributed by atoms with Gasteiger partial charge in [0.2, 0.25) is 10.0 Å². The summed E-state index contributed by atoms with van der Waals surface area (Å²) in [6, 6.07) is 19.2. The van der Waals surface area contributed by atoms with Crippen LogP contribution in [0.4, 0.5) is 0 Å². The number of amides is 1. The Bertz CT molecular complexity index is 1520. The van der Waals surface area contributed by atoms with E-state index in [4.69, 9.17) is 4.74 Å². The predicted octanol–water partition coefficient (Wildman–Crippen LogP) is 4.45. The lowest BCUT2D eigenvalue weighted by atomic mass is 10.0. The number of H-pyrrole nitrogens is 1. The van der Waals surface area contributed by atoms with Crippen LogP contribution < -0.4 is 10.1 Å². The normalized spacial score (nSPS) is 12.6. The van der Waals surface area contributed by atoms with Gasteiger partial charge in [0, 0.05) is 32.6 Å². The number of carbonyl (C=O) groups excluding carboxylic acids is 1. The smallest absolute Gasteiger partial charge is 0.255 e. The highest BCUT2D eigenvalue weighted by Gasteiger charge is 2.21. The van der Waals surface area contributed by atoms with Crippen molar-refractivity contribution in [2.45, 2.75) is 30.7 Å². The summed E-state index contributed by atoms with van der Waals surface area (Å²) in [5.41, 5.74) is 3.85. The number of rotatable bonds is 11. The number of nitrogens with one attached hydrogen (secondary N) is 2. The molecule has 1 heterocycles. The zero-order valence-electron chi connectivity index (χ0n) is 21.8. The number of aliphatic hydroxyl groups excluding tert-OH is 1. The lowest BCUT2D eigenvalue weighted by molar-refractivity contribution is 0.0912. The van der Waals surface area contributed by atoms with Gasteiger partial charge in [-0.25, -0.2) is 12.7 Å². The van der Waals surface area contributed by atoms with E-state index in [1.807, 2.05) is 43.5 Å². The van der Waals surface area contributed by atoms with Crippen LogP contribution >= 0.6 is 0 Å². The second-order valence-corrected chi connectivity index (χ2v) is 11.4. The maximum Gasteiger partial charge on any atom is 0.255 e. The Hall–Kier alpha value is -3.66. The van der Waals surface area contributed by atoms with Crippen molar-refractivity contribution in [2.24, 2.45) is 0 Å². The van der Waals surface area contributed by atoms with Gasteiger partial charge in [-0.05, 0) is 59.9 Å². The summed E-state index contributed by atoms with van der Waals surface area (Å²) in [7, 11) is -0.568. The van der Waals surface area contributed by atoms with Gasteiger partial charge in [-0.3, -0.25) is 4.79 Å². The van der Waals surface area contributed by atoms with E-state index in [9.17, 15) is 18.3 Å². The Balaban J connectivity index is 0.00000420. The van der Waals surface area contributed by atoms with Crippen LogP contribution in [0.5, 0.6) is 5.75 Å². The standard InChI is InChI=1S/C29H33N3O5S.H2/c1-4-15-37-28-14-11-21(20-9-12-24(13-10-20)38(35,36)32(2)3)17-26(28)29(34)31-23(19-33)16-22-18-30-27-8-6-5-7-25(22)27;/h5-14,17-18,23,30,33H,4,15-16,19H2,1-3H3,(H,31,34);1H/t23-;/m1./s1. The van der Waals surface area contributed by atoms with Crippen LogP contribution in [0, 0.1) is 0 Å². The molecule has 38 heavy (non-hydrogen) atoms. The minimum Gasteiger partial charge on any atom is -0.493 e. The quantitative estimate of drug-likeness (QED) is 0.262. The van der Waals surface area contributed by atoms with E-state index >= 15 is 0 Å². The molecule has 0 fully saturated rings. The highest BCUT2D eigenvalue weighted by molar-refractivity contribution is 7.89. The predicted molar refractivity (Wildman–Crippen MR) is 151 cm³/mol. The number of aromatic amines is 1. The molecule has 0 saturated heterocycles. The van der Waals surface area contributed by atoms with Gasteiger partial charge >= 0.3 is 0 Å². The minimum absolute atomic E-state index is 0. The topological polar surface area (TPSA) is 112 Å². The number of benzene rings is 3. The van der Waals surface area contributed by atoms with Crippen LogP contribution in [0.2, 0.25) is 0 Å².